The van der Waals surface area contributed by atoms with E-state index in [2.05, 4.69) is 16.4 Å². The molecule has 2 rings (SSSR count). The highest BCUT2D eigenvalue weighted by atomic mass is 16.1. The average molecular weight is 279 g/mol. The molecule has 0 bridgehead atoms. The van der Waals surface area contributed by atoms with Crippen LogP contribution in [0.25, 0.3) is 0 Å². The minimum Gasteiger partial charge on any atom is -0.325 e. The second-order valence-corrected chi connectivity index (χ2v) is 5.11. The van der Waals surface area contributed by atoms with Crippen LogP contribution in [0.4, 0.5) is 5.69 Å². The molecule has 106 valence electrons. The molecule has 0 aliphatic carbocycles. The second-order valence-electron chi connectivity index (χ2n) is 5.11. The van der Waals surface area contributed by atoms with E-state index in [4.69, 9.17) is 0 Å². The summed E-state index contributed by atoms with van der Waals surface area (Å²) in [6, 6.07) is 11.5. The molecule has 1 heterocycles. The van der Waals surface area contributed by atoms with E-state index in [9.17, 15) is 10.1 Å². The van der Waals surface area contributed by atoms with Crippen LogP contribution in [0.1, 0.15) is 16.7 Å². The first-order valence-corrected chi connectivity index (χ1v) is 6.76. The number of hydrogen-bond acceptors (Lipinski definition) is 3. The monoisotopic (exact) mass is 279 g/mol. The summed E-state index contributed by atoms with van der Waals surface area (Å²) in [6.07, 6.45) is 3.70. The molecule has 1 aromatic carbocycles. The molecule has 0 unspecified atom stereocenters. The first kappa shape index (κ1) is 14.7. The summed E-state index contributed by atoms with van der Waals surface area (Å²) < 4.78 is 0. The molecule has 0 aliphatic rings. The van der Waals surface area contributed by atoms with E-state index in [1.54, 1.807) is 12.4 Å². The third-order valence-corrected chi connectivity index (χ3v) is 3.15. The van der Waals surface area contributed by atoms with Crippen LogP contribution in [0.3, 0.4) is 0 Å². The van der Waals surface area contributed by atoms with Gasteiger partial charge in [0.2, 0.25) is 5.91 Å². The number of nitrogens with zero attached hydrogens (tertiary/aromatic N) is 2. The number of nitriles is 1. The van der Waals surface area contributed by atoms with Gasteiger partial charge in [0.25, 0.3) is 0 Å². The minimum absolute atomic E-state index is 0.278. The number of benzene rings is 1. The Hall–Kier alpha value is -2.67. The highest BCUT2D eigenvalue weighted by molar-refractivity contribution is 5.94. The van der Waals surface area contributed by atoms with Crippen molar-refractivity contribution in [1.82, 2.24) is 4.98 Å². The lowest BCUT2D eigenvalue weighted by atomic mass is 10.0. The third-order valence-electron chi connectivity index (χ3n) is 3.15. The molecule has 2 aromatic rings. The Morgan fingerprint density at radius 3 is 2.43 bits per heavy atom. The fraction of sp³-hybridized carbons (Fsp3) is 0.235. The molecule has 0 saturated heterocycles. The normalized spacial score (nSPS) is 11.5. The van der Waals surface area contributed by atoms with Crippen LogP contribution in [0.15, 0.2) is 42.7 Å². The number of nitrogens with one attached hydrogen (secondary N) is 1. The van der Waals surface area contributed by atoms with Crippen molar-refractivity contribution < 1.29 is 4.79 Å². The Kier molecular flexibility index (Phi) is 4.68. The third kappa shape index (κ3) is 4.15. The lowest BCUT2D eigenvalue weighted by Gasteiger charge is -2.11. The number of carbonyl (C=O) groups excluding carboxylic acids is 1. The number of rotatable bonds is 4. The number of aromatic nitrogens is 1. The average Bonchev–Trinajstić information content (AvgIpc) is 2.44. The molecule has 0 aliphatic heterocycles. The number of pyridine rings is 1. The van der Waals surface area contributed by atoms with Gasteiger partial charge in [-0.05, 0) is 61.2 Å². The van der Waals surface area contributed by atoms with E-state index in [1.807, 2.05) is 44.2 Å². The van der Waals surface area contributed by atoms with Gasteiger partial charge in [-0.25, -0.2) is 0 Å². The maximum Gasteiger partial charge on any atom is 0.242 e. The predicted octanol–water partition coefficient (Wildman–Crippen LogP) is 3.02. The van der Waals surface area contributed by atoms with Gasteiger partial charge >= 0.3 is 0 Å². The van der Waals surface area contributed by atoms with Crippen molar-refractivity contribution in [3.63, 3.8) is 0 Å². The fourth-order valence-electron chi connectivity index (χ4n) is 2.23. The van der Waals surface area contributed by atoms with E-state index >= 15 is 0 Å². The molecule has 0 radical (unpaired) electrons. The van der Waals surface area contributed by atoms with Gasteiger partial charge in [0.1, 0.15) is 5.92 Å². The Bertz CT molecular complexity index is 654. The molecule has 0 saturated carbocycles. The summed E-state index contributed by atoms with van der Waals surface area (Å²) in [5.41, 5.74) is 3.81. The van der Waals surface area contributed by atoms with E-state index in [-0.39, 0.29) is 5.91 Å². The SMILES string of the molecule is Cc1cc(C)cc(NC(=O)[C@H](C#N)Cc2ccncc2)c1. The number of amides is 1. The first-order chi connectivity index (χ1) is 10.1. The van der Waals surface area contributed by atoms with Crippen LogP contribution in [0.5, 0.6) is 0 Å². The lowest BCUT2D eigenvalue weighted by Crippen LogP contribution is -2.23. The summed E-state index contributed by atoms with van der Waals surface area (Å²) in [7, 11) is 0. The molecule has 21 heavy (non-hydrogen) atoms. The number of anilines is 1. The topological polar surface area (TPSA) is 65.8 Å². The highest BCUT2D eigenvalue weighted by Gasteiger charge is 2.18. The number of hydrogen-bond donors (Lipinski definition) is 1. The molecule has 1 N–H and O–H groups in total. The van der Waals surface area contributed by atoms with Crippen LogP contribution >= 0.6 is 0 Å². The zero-order chi connectivity index (χ0) is 15.2. The Labute approximate surface area is 124 Å². The van der Waals surface area contributed by atoms with E-state index in [0.29, 0.717) is 6.42 Å². The van der Waals surface area contributed by atoms with Crippen molar-refractivity contribution in [1.29, 1.82) is 5.26 Å². The van der Waals surface area contributed by atoms with E-state index in [0.717, 1.165) is 22.4 Å². The summed E-state index contributed by atoms with van der Waals surface area (Å²) in [4.78, 5) is 16.1. The van der Waals surface area contributed by atoms with Gasteiger partial charge in [-0.2, -0.15) is 5.26 Å². The standard InChI is InChI=1S/C17H17N3O/c1-12-7-13(2)9-16(8-12)20-17(21)15(11-18)10-14-3-5-19-6-4-14/h3-9,15H,10H2,1-2H3,(H,20,21)/t15-/m0/s1. The molecule has 1 aromatic heterocycles. The van der Waals surface area contributed by atoms with Gasteiger partial charge in [-0.1, -0.05) is 6.07 Å². The number of aryl methyl sites for hydroxylation is 2. The Morgan fingerprint density at radius 1 is 1.24 bits per heavy atom. The molecular formula is C17H17N3O. The Morgan fingerprint density at radius 2 is 1.86 bits per heavy atom. The summed E-state index contributed by atoms with van der Waals surface area (Å²) in [5.74, 6) is -0.993. The highest BCUT2D eigenvalue weighted by Crippen LogP contribution is 2.16. The fourth-order valence-corrected chi connectivity index (χ4v) is 2.23. The van der Waals surface area contributed by atoms with Crippen molar-refractivity contribution in [3.05, 3.63) is 59.4 Å². The molecule has 1 atom stereocenters. The molecule has 0 spiro atoms. The van der Waals surface area contributed by atoms with E-state index < -0.39 is 5.92 Å². The number of carbonyl (C=O) groups is 1. The van der Waals surface area contributed by atoms with Crippen LogP contribution in [-0.2, 0) is 11.2 Å². The van der Waals surface area contributed by atoms with Crippen molar-refractivity contribution in [3.8, 4) is 6.07 Å². The quantitative estimate of drug-likeness (QED) is 0.935. The molecule has 1 amide bonds. The van der Waals surface area contributed by atoms with Crippen molar-refractivity contribution in [2.24, 2.45) is 5.92 Å². The minimum atomic E-state index is -0.715. The smallest absolute Gasteiger partial charge is 0.242 e. The summed E-state index contributed by atoms with van der Waals surface area (Å²) >= 11 is 0. The van der Waals surface area contributed by atoms with Crippen LogP contribution in [-0.4, -0.2) is 10.9 Å². The zero-order valence-corrected chi connectivity index (χ0v) is 12.1. The van der Waals surface area contributed by atoms with Crippen molar-refractivity contribution in [2.45, 2.75) is 20.3 Å². The van der Waals surface area contributed by atoms with Gasteiger partial charge in [0.15, 0.2) is 0 Å². The van der Waals surface area contributed by atoms with Crippen molar-refractivity contribution >= 4 is 11.6 Å². The van der Waals surface area contributed by atoms with E-state index in [1.165, 1.54) is 0 Å². The van der Waals surface area contributed by atoms with Gasteiger partial charge in [-0.3, -0.25) is 9.78 Å². The second kappa shape index (κ2) is 6.67. The van der Waals surface area contributed by atoms with Gasteiger partial charge in [0, 0.05) is 18.1 Å². The summed E-state index contributed by atoms with van der Waals surface area (Å²) in [5, 5.41) is 12.0. The molecule has 4 heteroatoms. The lowest BCUT2D eigenvalue weighted by molar-refractivity contribution is -0.118. The van der Waals surface area contributed by atoms with Crippen LogP contribution < -0.4 is 5.32 Å². The van der Waals surface area contributed by atoms with Gasteiger partial charge < -0.3 is 5.32 Å². The van der Waals surface area contributed by atoms with Crippen molar-refractivity contribution in [2.75, 3.05) is 5.32 Å². The maximum atomic E-state index is 12.2. The van der Waals surface area contributed by atoms with Crippen LogP contribution in [0.2, 0.25) is 0 Å². The molecular weight excluding hydrogens is 262 g/mol. The zero-order valence-electron chi connectivity index (χ0n) is 12.1. The largest absolute Gasteiger partial charge is 0.325 e. The maximum absolute atomic E-state index is 12.2. The molecule has 4 nitrogen and oxygen atoms in total. The van der Waals surface area contributed by atoms with Gasteiger partial charge in [0.05, 0.1) is 6.07 Å². The predicted molar refractivity (Wildman–Crippen MR) is 81.6 cm³/mol. The van der Waals surface area contributed by atoms with Crippen LogP contribution in [0, 0.1) is 31.1 Å². The summed E-state index contributed by atoms with van der Waals surface area (Å²) in [6.45, 7) is 3.95. The Balaban J connectivity index is 2.08. The van der Waals surface area contributed by atoms with Gasteiger partial charge in [-0.15, -0.1) is 0 Å². The first-order valence-electron chi connectivity index (χ1n) is 6.76. The molecule has 0 fully saturated rings.